The van der Waals surface area contributed by atoms with Crippen LogP contribution in [-0.2, 0) is 25.2 Å². The predicted molar refractivity (Wildman–Crippen MR) is 103 cm³/mol. The van der Waals surface area contributed by atoms with E-state index in [0.717, 1.165) is 0 Å². The van der Waals surface area contributed by atoms with Gasteiger partial charge in [-0.05, 0) is 56.1 Å². The van der Waals surface area contributed by atoms with Crippen LogP contribution in [0.3, 0.4) is 0 Å². The second-order valence-electron chi connectivity index (χ2n) is 7.19. The molecule has 4 N–H and O–H groups in total. The maximum absolute atomic E-state index is 14.6. The molecule has 0 saturated carbocycles. The summed E-state index contributed by atoms with van der Waals surface area (Å²) < 4.78 is 34.8. The molecule has 1 atom stereocenters. The van der Waals surface area contributed by atoms with E-state index in [9.17, 15) is 13.4 Å². The molecule has 1 amide bonds. The van der Waals surface area contributed by atoms with Gasteiger partial charge < -0.3 is 15.4 Å². The lowest BCUT2D eigenvalue weighted by atomic mass is 9.91. The zero-order valence-electron chi connectivity index (χ0n) is 15.7. The van der Waals surface area contributed by atoms with Crippen molar-refractivity contribution in [2.75, 3.05) is 31.8 Å². The van der Waals surface area contributed by atoms with Gasteiger partial charge in [0.2, 0.25) is 5.91 Å². The number of ether oxygens (including phenoxy) is 1. The lowest BCUT2D eigenvalue weighted by Crippen LogP contribution is -2.69. The van der Waals surface area contributed by atoms with Crippen molar-refractivity contribution < 1.29 is 18.1 Å². The Hall–Kier alpha value is -1.84. The van der Waals surface area contributed by atoms with Crippen molar-refractivity contribution in [3.8, 4) is 0 Å². The maximum atomic E-state index is 14.6. The van der Waals surface area contributed by atoms with Gasteiger partial charge in [-0.2, -0.15) is 0 Å². The summed E-state index contributed by atoms with van der Waals surface area (Å²) in [6.07, 6.45) is 0. The smallest absolute Gasteiger partial charge is 0.250 e. The molecule has 0 unspecified atom stereocenters. The van der Waals surface area contributed by atoms with Crippen LogP contribution in [0.5, 0.6) is 0 Å². The number of hydrogen-bond donors (Lipinski definition) is 5. The minimum absolute atomic E-state index is 0.0807. The number of methoxy groups -OCH3 is 1. The molecule has 1 heterocycles. The molecule has 0 aliphatic carbocycles. The molecule has 2 rings (SSSR count). The van der Waals surface area contributed by atoms with Gasteiger partial charge in [-0.3, -0.25) is 19.1 Å². The van der Waals surface area contributed by atoms with Gasteiger partial charge in [0, 0.05) is 24.1 Å². The molecular weight excluding hydrogens is 359 g/mol. The third-order valence-electron chi connectivity index (χ3n) is 4.94. The summed E-state index contributed by atoms with van der Waals surface area (Å²) in [6, 6.07) is 4.20. The summed E-state index contributed by atoms with van der Waals surface area (Å²) in [7, 11) is -0.0200. The Morgan fingerprint density at radius 2 is 2.08 bits per heavy atom. The van der Waals surface area contributed by atoms with Crippen molar-refractivity contribution in [2.45, 2.75) is 31.1 Å². The first-order valence-electron chi connectivity index (χ1n) is 8.23. The van der Waals surface area contributed by atoms with E-state index in [-0.39, 0.29) is 29.7 Å². The Morgan fingerprint density at radius 3 is 2.65 bits per heavy atom. The fourth-order valence-corrected chi connectivity index (χ4v) is 5.83. The molecule has 1 aromatic rings. The molecule has 1 aromatic carbocycles. The van der Waals surface area contributed by atoms with E-state index >= 15 is 0 Å². The number of thiol groups is 1. The van der Waals surface area contributed by atoms with Crippen molar-refractivity contribution in [2.24, 2.45) is 0 Å². The average molecular weight is 386 g/mol. The molecule has 1 fully saturated rings. The Bertz CT molecular complexity index is 783. The van der Waals surface area contributed by atoms with E-state index in [1.54, 1.807) is 27.8 Å². The van der Waals surface area contributed by atoms with Gasteiger partial charge in [0.15, 0.2) is 0 Å². The van der Waals surface area contributed by atoms with Gasteiger partial charge in [0.1, 0.15) is 18.3 Å². The first-order valence-corrected chi connectivity index (χ1v) is 10.1. The minimum Gasteiger partial charge on any atom is -0.375 e. The molecule has 1 aliphatic rings. The van der Waals surface area contributed by atoms with Crippen molar-refractivity contribution in [1.82, 2.24) is 10.0 Å². The number of amides is 1. The molecule has 0 radical (unpaired) electrons. The highest BCUT2D eigenvalue weighted by Crippen LogP contribution is 2.38. The van der Waals surface area contributed by atoms with Crippen molar-refractivity contribution >= 4 is 27.5 Å². The standard InChI is InChI=1S/C17H27FN4O3S/c1-16(2)15(19)22-17(3,10-26(16,24)20-4)12-8-11(6-7-13(12)18)21-14(23)9-25-5/h6-8,26H,9-10H2,1-5H3,(H2,19,22)(H,20,24)(H,21,23)/t17-/m0/s1. The van der Waals surface area contributed by atoms with E-state index in [0.29, 0.717) is 5.69 Å². The average Bonchev–Trinajstić information content (AvgIpc) is 2.55. The normalized spacial score (nSPS) is 25.2. The molecule has 26 heavy (non-hydrogen) atoms. The Morgan fingerprint density at radius 1 is 1.42 bits per heavy atom. The molecule has 1 aliphatic heterocycles. The van der Waals surface area contributed by atoms with Gasteiger partial charge in [-0.1, -0.05) is 0 Å². The van der Waals surface area contributed by atoms with E-state index in [2.05, 4.69) is 15.4 Å². The Labute approximate surface area is 154 Å². The summed E-state index contributed by atoms with van der Waals surface area (Å²) in [5.41, 5.74) is -0.414. The van der Waals surface area contributed by atoms with Crippen LogP contribution < -0.4 is 15.4 Å². The van der Waals surface area contributed by atoms with Gasteiger partial charge in [0.05, 0.1) is 10.3 Å². The predicted octanol–water partition coefficient (Wildman–Crippen LogP) is 1.14. The van der Waals surface area contributed by atoms with Crippen molar-refractivity contribution in [3.63, 3.8) is 0 Å². The van der Waals surface area contributed by atoms with Crippen molar-refractivity contribution in [1.29, 1.82) is 5.41 Å². The number of nitrogens with one attached hydrogen (secondary N) is 4. The third kappa shape index (κ3) is 3.51. The minimum atomic E-state index is -3.02. The third-order valence-corrected chi connectivity index (χ3v) is 8.77. The molecule has 0 aromatic heterocycles. The molecular formula is C17H27FN4O3S. The topological polar surface area (TPSA) is 103 Å². The van der Waals surface area contributed by atoms with E-state index < -0.39 is 26.2 Å². The van der Waals surface area contributed by atoms with Crippen LogP contribution in [0, 0.1) is 11.2 Å². The lowest BCUT2D eigenvalue weighted by Gasteiger charge is -2.51. The highest BCUT2D eigenvalue weighted by molar-refractivity contribution is 8.03. The Kier molecular flexibility index (Phi) is 5.55. The van der Waals surface area contributed by atoms with Crippen LogP contribution in [0.2, 0.25) is 0 Å². The van der Waals surface area contributed by atoms with Crippen molar-refractivity contribution in [3.05, 3.63) is 29.6 Å². The number of carbonyl (C=O) groups is 1. The van der Waals surface area contributed by atoms with Crippen LogP contribution >= 0.6 is 0 Å². The largest absolute Gasteiger partial charge is 0.375 e. The summed E-state index contributed by atoms with van der Waals surface area (Å²) in [4.78, 5) is 11.7. The second-order valence-corrected chi connectivity index (χ2v) is 10.5. The fourth-order valence-electron chi connectivity index (χ4n) is 3.16. The molecule has 0 bridgehead atoms. The molecule has 0 spiro atoms. The molecule has 7 nitrogen and oxygen atoms in total. The Balaban J connectivity index is 2.45. The zero-order chi connectivity index (χ0) is 19.8. The van der Waals surface area contributed by atoms with Crippen LogP contribution in [-0.4, -0.2) is 47.2 Å². The monoisotopic (exact) mass is 386 g/mol. The van der Waals surface area contributed by atoms with Gasteiger partial charge in [-0.25, -0.2) is 4.39 Å². The van der Waals surface area contributed by atoms with Crippen LogP contribution in [0.1, 0.15) is 26.3 Å². The first kappa shape index (κ1) is 20.5. The summed E-state index contributed by atoms with van der Waals surface area (Å²) in [5, 5.41) is 14.0. The number of rotatable bonds is 5. The quantitative estimate of drug-likeness (QED) is 0.490. The molecule has 9 heteroatoms. The number of hydrogen-bond acceptors (Lipinski definition) is 4. The SMILES string of the molecule is CN[SH]1(=O)C[C@@](C)(c2cc(NC(=O)COC)ccc2F)NC(=N)C1(C)C. The maximum Gasteiger partial charge on any atom is 0.250 e. The fraction of sp³-hybridized carbons (Fsp3) is 0.529. The highest BCUT2D eigenvalue weighted by atomic mass is 32.3. The number of carbonyl (C=O) groups excluding carboxylic acids is 1. The van der Waals surface area contributed by atoms with Crippen LogP contribution in [0.25, 0.3) is 0 Å². The number of benzene rings is 1. The number of anilines is 1. The van der Waals surface area contributed by atoms with Gasteiger partial charge >= 0.3 is 0 Å². The molecule has 1 saturated heterocycles. The number of halogens is 1. The van der Waals surface area contributed by atoms with E-state index in [1.807, 2.05) is 0 Å². The lowest BCUT2D eigenvalue weighted by molar-refractivity contribution is -0.119. The second kappa shape index (κ2) is 7.05. The summed E-state index contributed by atoms with van der Waals surface area (Å²) >= 11 is 0. The highest BCUT2D eigenvalue weighted by Gasteiger charge is 2.50. The first-order chi connectivity index (χ1) is 12.0. The van der Waals surface area contributed by atoms with E-state index in [1.165, 1.54) is 25.3 Å². The molecule has 146 valence electrons. The van der Waals surface area contributed by atoms with Crippen LogP contribution in [0.15, 0.2) is 18.2 Å². The van der Waals surface area contributed by atoms with Crippen LogP contribution in [0.4, 0.5) is 10.1 Å². The zero-order valence-corrected chi connectivity index (χ0v) is 16.6. The summed E-state index contributed by atoms with van der Waals surface area (Å²) in [6.45, 7) is 5.06. The van der Waals surface area contributed by atoms with E-state index in [4.69, 9.17) is 10.1 Å². The van der Waals surface area contributed by atoms with Gasteiger partial charge in [0.25, 0.3) is 0 Å². The number of amidine groups is 1. The summed E-state index contributed by atoms with van der Waals surface area (Å²) in [5.74, 6) is -0.656. The van der Waals surface area contributed by atoms with Gasteiger partial charge in [-0.15, -0.1) is 0 Å².